The molecule has 3 aromatic rings. The summed E-state index contributed by atoms with van der Waals surface area (Å²) < 4.78 is 17.8. The smallest absolute Gasteiger partial charge is 0.335 e. The number of anilines is 1. The van der Waals surface area contributed by atoms with Crippen LogP contribution in [0, 0.1) is 0 Å². The molecule has 1 fully saturated rings. The second kappa shape index (κ2) is 11.3. The highest BCUT2D eigenvalue weighted by Gasteiger charge is 2.36. The molecule has 1 heterocycles. The van der Waals surface area contributed by atoms with E-state index in [0.717, 1.165) is 15.1 Å². The molecule has 0 bridgehead atoms. The summed E-state index contributed by atoms with van der Waals surface area (Å²) >= 11 is 9.27. The van der Waals surface area contributed by atoms with Crippen LogP contribution in [0.2, 0.25) is 5.02 Å². The van der Waals surface area contributed by atoms with E-state index >= 15 is 0 Å². The molecular formula is C26H20BrClN2O6. The van der Waals surface area contributed by atoms with Crippen molar-refractivity contribution < 1.29 is 28.6 Å². The summed E-state index contributed by atoms with van der Waals surface area (Å²) in [5.41, 5.74) is 0.587. The van der Waals surface area contributed by atoms with Gasteiger partial charge in [0.1, 0.15) is 24.5 Å². The van der Waals surface area contributed by atoms with E-state index in [1.807, 2.05) is 24.3 Å². The van der Waals surface area contributed by atoms with Crippen molar-refractivity contribution in [3.05, 3.63) is 87.4 Å². The number of amides is 4. The Kier molecular flexibility index (Phi) is 7.92. The first-order valence-electron chi connectivity index (χ1n) is 10.7. The number of imide groups is 2. The van der Waals surface area contributed by atoms with Crippen molar-refractivity contribution in [3.63, 3.8) is 0 Å². The lowest BCUT2D eigenvalue weighted by Gasteiger charge is -2.26. The van der Waals surface area contributed by atoms with Crippen LogP contribution < -0.4 is 24.4 Å². The Bertz CT molecular complexity index is 1330. The molecule has 36 heavy (non-hydrogen) atoms. The van der Waals surface area contributed by atoms with E-state index in [1.165, 1.54) is 25.3 Å². The molecule has 1 aliphatic rings. The Morgan fingerprint density at radius 1 is 0.917 bits per heavy atom. The number of hydrogen-bond donors (Lipinski definition) is 1. The first-order valence-corrected chi connectivity index (χ1v) is 11.9. The van der Waals surface area contributed by atoms with Gasteiger partial charge in [-0.1, -0.05) is 33.6 Å². The molecule has 0 unspecified atom stereocenters. The number of carbonyl (C=O) groups is 3. The predicted molar refractivity (Wildman–Crippen MR) is 139 cm³/mol. The normalized spacial score (nSPS) is 14.6. The third kappa shape index (κ3) is 5.87. The maximum absolute atomic E-state index is 13.0. The van der Waals surface area contributed by atoms with Crippen LogP contribution in [0.15, 0.2) is 76.8 Å². The summed E-state index contributed by atoms with van der Waals surface area (Å²) in [7, 11) is 1.48. The number of ether oxygens (including phenoxy) is 3. The van der Waals surface area contributed by atoms with Gasteiger partial charge in [-0.3, -0.25) is 14.9 Å². The third-order valence-corrected chi connectivity index (χ3v) is 5.89. The van der Waals surface area contributed by atoms with Crippen molar-refractivity contribution in [2.75, 3.05) is 25.2 Å². The summed E-state index contributed by atoms with van der Waals surface area (Å²) in [5, 5.41) is 2.64. The van der Waals surface area contributed by atoms with Gasteiger partial charge >= 0.3 is 6.03 Å². The number of nitrogens with zero attached hydrogens (tertiary/aromatic N) is 1. The molecule has 10 heteroatoms. The predicted octanol–water partition coefficient (Wildman–Crippen LogP) is 5.24. The standard InChI is InChI=1S/C26H20BrClN2O6/c1-34-23-15-16(2-11-22(23)36-13-12-35-20-9-3-17(27)4-10-20)14-21-24(31)29-26(33)30(25(21)32)19-7-5-18(28)6-8-19/h2-11,14-15H,12-13H2,1H3,(H,29,31,33)/b21-14-. The van der Waals surface area contributed by atoms with Gasteiger partial charge in [-0.15, -0.1) is 0 Å². The van der Waals surface area contributed by atoms with Gasteiger partial charge in [0.05, 0.1) is 12.8 Å². The Hall–Kier alpha value is -3.82. The van der Waals surface area contributed by atoms with Crippen LogP contribution >= 0.6 is 27.5 Å². The van der Waals surface area contributed by atoms with Crippen LogP contribution in [-0.2, 0) is 9.59 Å². The molecule has 0 aromatic heterocycles. The minimum Gasteiger partial charge on any atom is -0.493 e. The number of hydrogen-bond acceptors (Lipinski definition) is 6. The number of rotatable bonds is 8. The van der Waals surface area contributed by atoms with E-state index in [4.69, 9.17) is 25.8 Å². The molecule has 4 rings (SSSR count). The first kappa shape index (κ1) is 25.3. The molecule has 4 amide bonds. The van der Waals surface area contributed by atoms with Crippen molar-refractivity contribution in [2.45, 2.75) is 0 Å². The van der Waals surface area contributed by atoms with E-state index in [-0.39, 0.29) is 17.9 Å². The highest BCUT2D eigenvalue weighted by molar-refractivity contribution is 9.10. The van der Waals surface area contributed by atoms with Gasteiger partial charge in [0.25, 0.3) is 11.8 Å². The van der Waals surface area contributed by atoms with Crippen molar-refractivity contribution in [1.29, 1.82) is 0 Å². The number of barbiturate groups is 1. The van der Waals surface area contributed by atoms with Gasteiger partial charge in [0, 0.05) is 9.50 Å². The highest BCUT2D eigenvalue weighted by Crippen LogP contribution is 2.30. The second-order valence-corrected chi connectivity index (χ2v) is 8.85. The summed E-state index contributed by atoms with van der Waals surface area (Å²) in [6.45, 7) is 0.589. The summed E-state index contributed by atoms with van der Waals surface area (Å²) in [4.78, 5) is 38.7. The van der Waals surface area contributed by atoms with E-state index < -0.39 is 17.8 Å². The Labute approximate surface area is 220 Å². The van der Waals surface area contributed by atoms with Crippen molar-refractivity contribution >= 4 is 57.1 Å². The van der Waals surface area contributed by atoms with E-state index in [0.29, 0.717) is 28.7 Å². The van der Waals surface area contributed by atoms with Crippen molar-refractivity contribution in [2.24, 2.45) is 0 Å². The zero-order valence-electron chi connectivity index (χ0n) is 19.0. The lowest BCUT2D eigenvalue weighted by molar-refractivity contribution is -0.122. The monoisotopic (exact) mass is 570 g/mol. The zero-order valence-corrected chi connectivity index (χ0v) is 21.3. The molecule has 1 saturated heterocycles. The van der Waals surface area contributed by atoms with Crippen LogP contribution in [0.1, 0.15) is 5.56 Å². The number of methoxy groups -OCH3 is 1. The SMILES string of the molecule is COc1cc(/C=C2/C(=O)NC(=O)N(c3ccc(Cl)cc3)C2=O)ccc1OCCOc1ccc(Br)cc1. The van der Waals surface area contributed by atoms with Crippen molar-refractivity contribution in [3.8, 4) is 17.2 Å². The van der Waals surface area contributed by atoms with Gasteiger partial charge in [0.15, 0.2) is 11.5 Å². The quantitative estimate of drug-likeness (QED) is 0.226. The number of halogens is 2. The number of nitrogens with one attached hydrogen (secondary N) is 1. The summed E-state index contributed by atoms with van der Waals surface area (Å²) in [6.07, 6.45) is 1.38. The van der Waals surface area contributed by atoms with Crippen LogP contribution in [0.3, 0.4) is 0 Å². The summed E-state index contributed by atoms with van der Waals surface area (Å²) in [6, 6.07) is 17.7. The molecule has 0 atom stereocenters. The molecular weight excluding hydrogens is 552 g/mol. The molecule has 8 nitrogen and oxygen atoms in total. The highest BCUT2D eigenvalue weighted by atomic mass is 79.9. The van der Waals surface area contributed by atoms with Gasteiger partial charge < -0.3 is 14.2 Å². The number of urea groups is 1. The Balaban J connectivity index is 1.47. The van der Waals surface area contributed by atoms with Crippen LogP contribution in [0.5, 0.6) is 17.2 Å². The molecule has 0 aliphatic carbocycles. The maximum atomic E-state index is 13.0. The van der Waals surface area contributed by atoms with Gasteiger partial charge in [-0.25, -0.2) is 9.69 Å². The molecule has 184 valence electrons. The van der Waals surface area contributed by atoms with E-state index in [1.54, 1.807) is 30.3 Å². The van der Waals surface area contributed by atoms with Crippen molar-refractivity contribution in [1.82, 2.24) is 5.32 Å². The molecule has 0 saturated carbocycles. The molecule has 0 radical (unpaired) electrons. The minimum absolute atomic E-state index is 0.205. The average molecular weight is 572 g/mol. The first-order chi connectivity index (χ1) is 17.4. The number of benzene rings is 3. The van der Waals surface area contributed by atoms with Crippen LogP contribution in [0.4, 0.5) is 10.5 Å². The molecule has 1 aliphatic heterocycles. The third-order valence-electron chi connectivity index (χ3n) is 5.11. The fourth-order valence-corrected chi connectivity index (χ4v) is 3.77. The van der Waals surface area contributed by atoms with Gasteiger partial charge in [0.2, 0.25) is 0 Å². The number of carbonyl (C=O) groups excluding carboxylic acids is 3. The Morgan fingerprint density at radius 2 is 1.61 bits per heavy atom. The average Bonchev–Trinajstić information content (AvgIpc) is 2.87. The molecule has 0 spiro atoms. The molecule has 3 aromatic carbocycles. The zero-order chi connectivity index (χ0) is 25.7. The largest absolute Gasteiger partial charge is 0.493 e. The lowest BCUT2D eigenvalue weighted by atomic mass is 10.1. The molecule has 1 N–H and O–H groups in total. The summed E-state index contributed by atoms with van der Waals surface area (Å²) in [5.74, 6) is 0.0473. The second-order valence-electron chi connectivity index (χ2n) is 7.50. The Morgan fingerprint density at radius 3 is 2.31 bits per heavy atom. The van der Waals surface area contributed by atoms with Gasteiger partial charge in [-0.05, 0) is 72.3 Å². The van der Waals surface area contributed by atoms with Crippen LogP contribution in [-0.4, -0.2) is 38.2 Å². The topological polar surface area (TPSA) is 94.2 Å². The van der Waals surface area contributed by atoms with Crippen LogP contribution in [0.25, 0.3) is 6.08 Å². The van der Waals surface area contributed by atoms with Gasteiger partial charge in [-0.2, -0.15) is 0 Å². The fourth-order valence-electron chi connectivity index (χ4n) is 3.38. The van der Waals surface area contributed by atoms with E-state index in [9.17, 15) is 14.4 Å². The van der Waals surface area contributed by atoms with E-state index in [2.05, 4.69) is 21.2 Å². The fraction of sp³-hybridized carbons (Fsp3) is 0.115. The lowest BCUT2D eigenvalue weighted by Crippen LogP contribution is -2.54. The maximum Gasteiger partial charge on any atom is 0.335 e. The minimum atomic E-state index is -0.837.